The molecule has 2 nitrogen and oxygen atoms in total. The lowest BCUT2D eigenvalue weighted by atomic mass is 10.0. The Morgan fingerprint density at radius 3 is 3.00 bits per heavy atom. The Hall–Kier alpha value is -0.410. The van der Waals surface area contributed by atoms with Gasteiger partial charge in [0.25, 0.3) is 0 Å². The summed E-state index contributed by atoms with van der Waals surface area (Å²) in [6, 6.07) is 0. The van der Waals surface area contributed by atoms with E-state index in [1.807, 2.05) is 11.3 Å². The molecule has 1 fully saturated rings. The van der Waals surface area contributed by atoms with Crippen LogP contribution in [-0.4, -0.2) is 11.5 Å². The van der Waals surface area contributed by atoms with Gasteiger partial charge in [0.1, 0.15) is 0 Å². The summed E-state index contributed by atoms with van der Waals surface area (Å²) >= 11 is 1.92. The Bertz CT molecular complexity index is 335. The molecular formula is C14H24N2S. The summed E-state index contributed by atoms with van der Waals surface area (Å²) in [7, 11) is 0. The first-order valence-electron chi connectivity index (χ1n) is 6.98. The molecule has 2 rings (SSSR count). The lowest BCUT2D eigenvalue weighted by Gasteiger charge is -2.06. The second kappa shape index (κ2) is 6.50. The smallest absolute Gasteiger partial charge is 0.0959 e. The van der Waals surface area contributed by atoms with Crippen molar-refractivity contribution < 1.29 is 0 Å². The highest BCUT2D eigenvalue weighted by Crippen LogP contribution is 2.40. The van der Waals surface area contributed by atoms with Crippen LogP contribution in [0.3, 0.4) is 0 Å². The molecule has 2 unspecified atom stereocenters. The Balaban J connectivity index is 1.85. The van der Waals surface area contributed by atoms with E-state index in [9.17, 15) is 0 Å². The molecule has 0 saturated heterocycles. The van der Waals surface area contributed by atoms with Crippen molar-refractivity contribution in [3.63, 3.8) is 0 Å². The molecule has 0 spiro atoms. The summed E-state index contributed by atoms with van der Waals surface area (Å²) in [5.41, 5.74) is 0. The van der Waals surface area contributed by atoms with Crippen molar-refractivity contribution in [3.05, 3.63) is 16.1 Å². The molecule has 17 heavy (non-hydrogen) atoms. The highest BCUT2D eigenvalue weighted by atomic mass is 32.1. The van der Waals surface area contributed by atoms with Crippen LogP contribution < -0.4 is 5.32 Å². The first-order chi connectivity index (χ1) is 8.33. The van der Waals surface area contributed by atoms with Crippen LogP contribution in [0.5, 0.6) is 0 Å². The van der Waals surface area contributed by atoms with Gasteiger partial charge >= 0.3 is 0 Å². The molecule has 1 saturated carbocycles. The number of thiazole rings is 1. The predicted octanol–water partition coefficient (Wildman–Crippen LogP) is 3.94. The zero-order valence-electron chi connectivity index (χ0n) is 11.0. The normalized spacial score (nSPS) is 24.4. The van der Waals surface area contributed by atoms with Gasteiger partial charge in [-0.05, 0) is 38.1 Å². The number of nitrogens with one attached hydrogen (secondary N) is 1. The van der Waals surface area contributed by atoms with Gasteiger partial charge in [0.2, 0.25) is 0 Å². The second-order valence-electron chi connectivity index (χ2n) is 5.13. The standard InChI is InChI=1S/C14H24N2S/c1-3-7-15-9-13-10-16-14(17-13)12-6-5-11(4-2)8-12/h10-12,15H,3-9H2,1-2H3. The molecule has 0 radical (unpaired) electrons. The average Bonchev–Trinajstić information content (AvgIpc) is 2.97. The zero-order chi connectivity index (χ0) is 12.1. The van der Waals surface area contributed by atoms with Crippen molar-refractivity contribution in [1.29, 1.82) is 0 Å². The van der Waals surface area contributed by atoms with Gasteiger partial charge in [-0.25, -0.2) is 4.98 Å². The van der Waals surface area contributed by atoms with Gasteiger partial charge in [-0.2, -0.15) is 0 Å². The third-order valence-electron chi connectivity index (χ3n) is 3.77. The van der Waals surface area contributed by atoms with Crippen molar-refractivity contribution in [1.82, 2.24) is 10.3 Å². The van der Waals surface area contributed by atoms with Gasteiger partial charge in [0.05, 0.1) is 5.01 Å². The monoisotopic (exact) mass is 252 g/mol. The fourth-order valence-corrected chi connectivity index (χ4v) is 3.69. The lowest BCUT2D eigenvalue weighted by molar-refractivity contribution is 0.521. The minimum absolute atomic E-state index is 0.755. The number of hydrogen-bond donors (Lipinski definition) is 1. The molecule has 0 bridgehead atoms. The first kappa shape index (κ1) is 13.0. The van der Waals surface area contributed by atoms with Gasteiger partial charge in [-0.15, -0.1) is 11.3 Å². The molecule has 1 N–H and O–H groups in total. The van der Waals surface area contributed by atoms with E-state index in [0.717, 1.165) is 24.9 Å². The SMILES string of the molecule is CCCNCc1cnc(C2CCC(CC)C2)s1. The predicted molar refractivity (Wildman–Crippen MR) is 74.5 cm³/mol. The second-order valence-corrected chi connectivity index (χ2v) is 6.27. The fraction of sp³-hybridized carbons (Fsp3) is 0.786. The molecule has 1 aliphatic carbocycles. The summed E-state index contributed by atoms with van der Waals surface area (Å²) in [5, 5.41) is 4.83. The van der Waals surface area contributed by atoms with Gasteiger partial charge in [0.15, 0.2) is 0 Å². The van der Waals surface area contributed by atoms with E-state index in [2.05, 4.69) is 30.3 Å². The molecule has 0 aromatic carbocycles. The van der Waals surface area contributed by atoms with Crippen LogP contribution in [0, 0.1) is 5.92 Å². The third-order valence-corrected chi connectivity index (χ3v) is 4.93. The summed E-state index contributed by atoms with van der Waals surface area (Å²) in [6.07, 6.45) is 8.74. The number of aromatic nitrogens is 1. The van der Waals surface area contributed by atoms with Crippen LogP contribution in [0.2, 0.25) is 0 Å². The van der Waals surface area contributed by atoms with E-state index in [0.29, 0.717) is 0 Å². The maximum Gasteiger partial charge on any atom is 0.0959 e. The van der Waals surface area contributed by atoms with Crippen molar-refractivity contribution in [2.75, 3.05) is 6.54 Å². The number of rotatable bonds is 6. The Morgan fingerprint density at radius 1 is 1.41 bits per heavy atom. The van der Waals surface area contributed by atoms with E-state index in [1.54, 1.807) is 0 Å². The Kier molecular flexibility index (Phi) is 4.99. The van der Waals surface area contributed by atoms with Crippen LogP contribution in [0.4, 0.5) is 0 Å². The summed E-state index contributed by atoms with van der Waals surface area (Å²) < 4.78 is 0. The maximum atomic E-state index is 4.62. The molecule has 2 atom stereocenters. The van der Waals surface area contributed by atoms with Gasteiger partial charge in [-0.3, -0.25) is 0 Å². The van der Waals surface area contributed by atoms with Crippen LogP contribution in [0.15, 0.2) is 6.20 Å². The molecule has 0 amide bonds. The Morgan fingerprint density at radius 2 is 2.29 bits per heavy atom. The molecule has 96 valence electrons. The molecule has 1 heterocycles. The summed E-state index contributed by atoms with van der Waals surface area (Å²) in [5.74, 6) is 1.70. The molecule has 1 aromatic heterocycles. The van der Waals surface area contributed by atoms with E-state index >= 15 is 0 Å². The first-order valence-corrected chi connectivity index (χ1v) is 7.80. The average molecular weight is 252 g/mol. The Labute approximate surface area is 109 Å². The van der Waals surface area contributed by atoms with Crippen LogP contribution in [-0.2, 0) is 6.54 Å². The molecule has 1 aliphatic rings. The molecule has 0 aliphatic heterocycles. The lowest BCUT2D eigenvalue weighted by Crippen LogP contribution is -2.12. The minimum atomic E-state index is 0.755. The molecule has 3 heteroatoms. The minimum Gasteiger partial charge on any atom is -0.312 e. The molecular weight excluding hydrogens is 228 g/mol. The van der Waals surface area contributed by atoms with E-state index in [1.165, 1.54) is 42.0 Å². The van der Waals surface area contributed by atoms with Crippen LogP contribution in [0.1, 0.15) is 61.8 Å². The van der Waals surface area contributed by atoms with Crippen molar-refractivity contribution >= 4 is 11.3 Å². The fourth-order valence-electron chi connectivity index (χ4n) is 2.65. The summed E-state index contributed by atoms with van der Waals surface area (Å²) in [6.45, 7) is 6.62. The van der Waals surface area contributed by atoms with E-state index in [4.69, 9.17) is 0 Å². The van der Waals surface area contributed by atoms with Gasteiger partial charge in [0, 0.05) is 23.5 Å². The number of nitrogens with zero attached hydrogens (tertiary/aromatic N) is 1. The van der Waals surface area contributed by atoms with Crippen LogP contribution in [0.25, 0.3) is 0 Å². The highest BCUT2D eigenvalue weighted by molar-refractivity contribution is 7.11. The zero-order valence-corrected chi connectivity index (χ0v) is 11.9. The maximum absolute atomic E-state index is 4.62. The van der Waals surface area contributed by atoms with E-state index < -0.39 is 0 Å². The molecule has 1 aromatic rings. The van der Waals surface area contributed by atoms with E-state index in [-0.39, 0.29) is 0 Å². The quantitative estimate of drug-likeness (QED) is 0.776. The summed E-state index contributed by atoms with van der Waals surface area (Å²) in [4.78, 5) is 6.02. The van der Waals surface area contributed by atoms with Crippen molar-refractivity contribution in [2.24, 2.45) is 5.92 Å². The third kappa shape index (κ3) is 3.52. The highest BCUT2D eigenvalue weighted by Gasteiger charge is 2.26. The van der Waals surface area contributed by atoms with Gasteiger partial charge in [-0.1, -0.05) is 20.3 Å². The topological polar surface area (TPSA) is 24.9 Å². The van der Waals surface area contributed by atoms with Crippen molar-refractivity contribution in [3.8, 4) is 0 Å². The number of hydrogen-bond acceptors (Lipinski definition) is 3. The van der Waals surface area contributed by atoms with Crippen LogP contribution >= 0.6 is 11.3 Å². The van der Waals surface area contributed by atoms with Crippen molar-refractivity contribution in [2.45, 2.75) is 58.4 Å². The largest absolute Gasteiger partial charge is 0.312 e. The van der Waals surface area contributed by atoms with Gasteiger partial charge < -0.3 is 5.32 Å².